The van der Waals surface area contributed by atoms with Crippen molar-refractivity contribution in [3.8, 4) is 22.5 Å². The van der Waals surface area contributed by atoms with Gasteiger partial charge in [-0.2, -0.15) is 0 Å². The van der Waals surface area contributed by atoms with Crippen LogP contribution in [0, 0.1) is 0 Å². The van der Waals surface area contributed by atoms with Gasteiger partial charge in [0.25, 0.3) is 0 Å². The van der Waals surface area contributed by atoms with Crippen molar-refractivity contribution in [1.29, 1.82) is 0 Å². The summed E-state index contributed by atoms with van der Waals surface area (Å²) in [6.45, 7) is 0.652. The number of benzene rings is 9. The predicted octanol–water partition coefficient (Wildman–Crippen LogP) is 12.9. The Morgan fingerprint density at radius 1 is 0.450 bits per heavy atom. The van der Waals surface area contributed by atoms with Crippen molar-refractivity contribution in [3.05, 3.63) is 229 Å². The average molecular weight is 772 g/mol. The molecule has 0 radical (unpaired) electrons. The van der Waals surface area contributed by atoms with E-state index in [-0.39, 0.29) is 6.17 Å². The topological polar surface area (TPSA) is 60.3 Å². The first-order valence-electron chi connectivity index (χ1n) is 20.5. The number of rotatable bonds is 9. The molecule has 2 aromatic heterocycles. The Hall–Kier alpha value is -7.73. The first-order valence-corrected chi connectivity index (χ1v) is 20.5. The monoisotopic (exact) mass is 771 g/mol. The highest BCUT2D eigenvalue weighted by molar-refractivity contribution is 6.12. The number of nitrogens with zero attached hydrogens (tertiary/aromatic N) is 3. The molecular formula is C55H41N5. The molecule has 1 unspecified atom stereocenters. The maximum Gasteiger partial charge on any atom is 0.128 e. The van der Waals surface area contributed by atoms with Crippen LogP contribution in [0.3, 0.4) is 0 Å². The highest BCUT2D eigenvalue weighted by Gasteiger charge is 2.17. The van der Waals surface area contributed by atoms with Crippen molar-refractivity contribution >= 4 is 60.2 Å². The normalized spacial score (nSPS) is 12.6. The Bertz CT molecular complexity index is 3380. The maximum absolute atomic E-state index is 6.76. The number of nitrogens with one attached hydrogen (secondary N) is 1. The van der Waals surface area contributed by atoms with Gasteiger partial charge >= 0.3 is 0 Å². The smallest absolute Gasteiger partial charge is 0.128 e. The number of aliphatic imine (C=N–C) groups is 1. The van der Waals surface area contributed by atoms with E-state index in [2.05, 4.69) is 215 Å². The number of hydrogen-bond donors (Lipinski definition) is 2. The minimum absolute atomic E-state index is 0.356. The number of para-hydroxylation sites is 3. The third kappa shape index (κ3) is 6.29. The van der Waals surface area contributed by atoms with Crippen molar-refractivity contribution in [2.75, 3.05) is 0 Å². The fourth-order valence-corrected chi connectivity index (χ4v) is 8.85. The molecule has 286 valence electrons. The first kappa shape index (κ1) is 35.4. The van der Waals surface area contributed by atoms with Gasteiger partial charge in [0.05, 0.1) is 22.1 Å². The maximum atomic E-state index is 6.76. The Morgan fingerprint density at radius 3 is 1.60 bits per heavy atom. The van der Waals surface area contributed by atoms with Gasteiger partial charge in [0, 0.05) is 45.0 Å². The van der Waals surface area contributed by atoms with E-state index in [1.54, 1.807) is 0 Å². The van der Waals surface area contributed by atoms with Crippen LogP contribution < -0.4 is 11.1 Å². The van der Waals surface area contributed by atoms with Crippen LogP contribution in [0.4, 0.5) is 0 Å². The van der Waals surface area contributed by atoms with Crippen LogP contribution in [0.25, 0.3) is 76.9 Å². The summed E-state index contributed by atoms with van der Waals surface area (Å²) in [5.74, 6) is 0.495. The molecule has 2 heterocycles. The van der Waals surface area contributed by atoms with Gasteiger partial charge in [-0.3, -0.25) is 5.32 Å². The summed E-state index contributed by atoms with van der Waals surface area (Å²) in [4.78, 5) is 5.10. The zero-order valence-corrected chi connectivity index (χ0v) is 32.9. The molecule has 11 rings (SSSR count). The third-order valence-electron chi connectivity index (χ3n) is 11.8. The Morgan fingerprint density at radius 2 is 0.967 bits per heavy atom. The standard InChI is InChI=1S/C55H41N5/c56-54(43-24-23-38-15-7-8-16-40(38)33-43)58-55(57-36-37-13-3-1-4-14-37)39-25-29-45(30-26-39)60-51-22-12-10-20-47(51)49-35-42(28-32-53(49)60)41-27-31-52-48(34-41)46-19-9-11-21-50(46)59(52)44-17-5-2-6-18-44/h1-35,55,57H,36H2,(H2,56,58). The van der Waals surface area contributed by atoms with Gasteiger partial charge in [-0.25, -0.2) is 4.99 Å². The van der Waals surface area contributed by atoms with Crippen LogP contribution in [0.15, 0.2) is 217 Å². The molecule has 0 spiro atoms. The molecule has 0 fully saturated rings. The van der Waals surface area contributed by atoms with E-state index >= 15 is 0 Å². The zero-order valence-electron chi connectivity index (χ0n) is 32.9. The molecular weight excluding hydrogens is 731 g/mol. The molecule has 0 saturated heterocycles. The molecule has 5 heteroatoms. The minimum Gasteiger partial charge on any atom is -0.383 e. The van der Waals surface area contributed by atoms with Crippen LogP contribution in [0.2, 0.25) is 0 Å². The van der Waals surface area contributed by atoms with Crippen LogP contribution in [-0.4, -0.2) is 15.0 Å². The Labute approximate surface area is 348 Å². The molecule has 3 N–H and O–H groups in total. The molecule has 9 aromatic carbocycles. The summed E-state index contributed by atoms with van der Waals surface area (Å²) < 4.78 is 4.73. The van der Waals surface area contributed by atoms with Crippen molar-refractivity contribution in [2.24, 2.45) is 10.7 Å². The molecule has 1 atom stereocenters. The van der Waals surface area contributed by atoms with E-state index in [0.29, 0.717) is 12.4 Å². The summed E-state index contributed by atoms with van der Waals surface area (Å²) in [7, 11) is 0. The van der Waals surface area contributed by atoms with Crippen LogP contribution in [-0.2, 0) is 6.54 Å². The van der Waals surface area contributed by atoms with Crippen molar-refractivity contribution in [2.45, 2.75) is 12.7 Å². The van der Waals surface area contributed by atoms with Gasteiger partial charge in [0.2, 0.25) is 0 Å². The summed E-state index contributed by atoms with van der Waals surface area (Å²) in [6, 6.07) is 75.6. The van der Waals surface area contributed by atoms with E-state index in [4.69, 9.17) is 10.7 Å². The molecule has 0 aliphatic carbocycles. The molecule has 0 aliphatic heterocycles. The molecule has 5 nitrogen and oxygen atoms in total. The molecule has 0 saturated carbocycles. The Kier molecular flexibility index (Phi) is 8.80. The van der Waals surface area contributed by atoms with Gasteiger partial charge in [-0.15, -0.1) is 0 Å². The molecule has 60 heavy (non-hydrogen) atoms. The SMILES string of the molecule is NC(=NC(NCc1ccccc1)c1ccc(-n2c3ccccc3c3cc(-c4ccc5c(c4)c4ccccc4n5-c4ccccc4)ccc32)cc1)c1ccc2ccccc2c1. The number of amidine groups is 1. The summed E-state index contributed by atoms with van der Waals surface area (Å²) in [6.07, 6.45) is -0.356. The largest absolute Gasteiger partial charge is 0.383 e. The predicted molar refractivity (Wildman–Crippen MR) is 251 cm³/mol. The van der Waals surface area contributed by atoms with Gasteiger partial charge in [0.1, 0.15) is 12.0 Å². The van der Waals surface area contributed by atoms with Crippen LogP contribution in [0.5, 0.6) is 0 Å². The van der Waals surface area contributed by atoms with E-state index in [1.807, 2.05) is 12.1 Å². The van der Waals surface area contributed by atoms with Gasteiger partial charge in [0.15, 0.2) is 0 Å². The second-order valence-corrected chi connectivity index (χ2v) is 15.4. The van der Waals surface area contributed by atoms with Crippen molar-refractivity contribution < 1.29 is 0 Å². The lowest BCUT2D eigenvalue weighted by Gasteiger charge is -2.18. The summed E-state index contributed by atoms with van der Waals surface area (Å²) in [5, 5.41) is 10.9. The lowest BCUT2D eigenvalue weighted by atomic mass is 10.0. The molecule has 0 bridgehead atoms. The van der Waals surface area contributed by atoms with E-state index < -0.39 is 0 Å². The molecule has 0 amide bonds. The average Bonchev–Trinajstić information content (AvgIpc) is 3.83. The van der Waals surface area contributed by atoms with Crippen LogP contribution >= 0.6 is 0 Å². The fourth-order valence-electron chi connectivity index (χ4n) is 8.85. The summed E-state index contributed by atoms with van der Waals surface area (Å²) >= 11 is 0. The minimum atomic E-state index is -0.356. The first-order chi connectivity index (χ1) is 29.7. The highest BCUT2D eigenvalue weighted by atomic mass is 15.1. The third-order valence-corrected chi connectivity index (χ3v) is 11.8. The lowest BCUT2D eigenvalue weighted by molar-refractivity contribution is 0.554. The molecule has 0 aliphatic rings. The Balaban J connectivity index is 0.967. The van der Waals surface area contributed by atoms with Gasteiger partial charge in [-0.1, -0.05) is 146 Å². The van der Waals surface area contributed by atoms with E-state index in [1.165, 1.54) is 54.7 Å². The van der Waals surface area contributed by atoms with Gasteiger partial charge in [-0.05, 0) is 99.8 Å². The summed E-state index contributed by atoms with van der Waals surface area (Å²) in [5.41, 5.74) is 19.2. The lowest BCUT2D eigenvalue weighted by Crippen LogP contribution is -2.24. The molecule has 11 aromatic rings. The zero-order chi connectivity index (χ0) is 40.0. The number of hydrogen-bond acceptors (Lipinski definition) is 2. The number of nitrogens with two attached hydrogens (primary N) is 1. The second kappa shape index (κ2) is 14.9. The van der Waals surface area contributed by atoms with Crippen LogP contribution in [0.1, 0.15) is 22.9 Å². The van der Waals surface area contributed by atoms with Crippen molar-refractivity contribution in [1.82, 2.24) is 14.5 Å². The number of fused-ring (bicyclic) bond motifs is 7. The second-order valence-electron chi connectivity index (χ2n) is 15.4. The highest BCUT2D eigenvalue weighted by Crippen LogP contribution is 2.38. The van der Waals surface area contributed by atoms with Gasteiger partial charge < -0.3 is 14.9 Å². The fraction of sp³-hybridized carbons (Fsp3) is 0.0364. The van der Waals surface area contributed by atoms with Crippen molar-refractivity contribution in [3.63, 3.8) is 0 Å². The number of aromatic nitrogens is 2. The van der Waals surface area contributed by atoms with E-state index in [0.717, 1.165) is 38.9 Å². The van der Waals surface area contributed by atoms with E-state index in [9.17, 15) is 0 Å². The quantitative estimate of drug-likeness (QED) is 0.113.